The monoisotopic (exact) mass is 368 g/mol. The molecule has 2 heterocycles. The molecule has 1 aromatic heterocycles. The van der Waals surface area contributed by atoms with Crippen LogP contribution in [0.3, 0.4) is 0 Å². The van der Waals surface area contributed by atoms with Gasteiger partial charge in [-0.2, -0.15) is 0 Å². The van der Waals surface area contributed by atoms with E-state index in [1.807, 2.05) is 36.4 Å². The molecule has 1 aliphatic rings. The number of carbonyl (C=O) groups is 2. The number of nitrogens with one attached hydrogen (secondary N) is 2. The molecular formula is C20H24N4O3. The number of ether oxygens (including phenoxy) is 1. The normalized spacial score (nSPS) is 14.5. The van der Waals surface area contributed by atoms with Crippen LogP contribution in [0, 0.1) is 5.92 Å². The molecule has 142 valence electrons. The molecule has 2 aromatic rings. The Labute approximate surface area is 158 Å². The molecule has 0 aliphatic carbocycles. The summed E-state index contributed by atoms with van der Waals surface area (Å²) in [5.41, 5.74) is 1.71. The van der Waals surface area contributed by atoms with Crippen molar-refractivity contribution in [2.45, 2.75) is 19.4 Å². The number of nitrogens with zero attached hydrogens (tertiary/aromatic N) is 2. The number of benzene rings is 1. The number of hydrogen-bond donors (Lipinski definition) is 2. The Kier molecular flexibility index (Phi) is 6.25. The lowest BCUT2D eigenvalue weighted by Gasteiger charge is -2.31. The third kappa shape index (κ3) is 5.20. The zero-order valence-electron chi connectivity index (χ0n) is 15.4. The average Bonchev–Trinajstić information content (AvgIpc) is 2.73. The highest BCUT2D eigenvalue weighted by Gasteiger charge is 2.27. The molecule has 7 heteroatoms. The Hall–Kier alpha value is -3.09. The molecule has 0 spiro atoms. The Morgan fingerprint density at radius 1 is 1.15 bits per heavy atom. The minimum Gasteiger partial charge on any atom is -0.481 e. The first-order valence-corrected chi connectivity index (χ1v) is 9.03. The van der Waals surface area contributed by atoms with E-state index in [0.717, 1.165) is 11.3 Å². The van der Waals surface area contributed by atoms with Gasteiger partial charge in [0.05, 0.1) is 7.11 Å². The number of carbonyl (C=O) groups excluding carboxylic acids is 2. The van der Waals surface area contributed by atoms with Crippen LogP contribution in [0.4, 0.5) is 10.5 Å². The maximum absolute atomic E-state index is 12.4. The van der Waals surface area contributed by atoms with Gasteiger partial charge in [-0.25, -0.2) is 9.78 Å². The van der Waals surface area contributed by atoms with Crippen LogP contribution in [0.5, 0.6) is 5.88 Å². The van der Waals surface area contributed by atoms with Crippen LogP contribution in [0.15, 0.2) is 48.7 Å². The summed E-state index contributed by atoms with van der Waals surface area (Å²) in [6.45, 7) is 1.55. The van der Waals surface area contributed by atoms with Gasteiger partial charge >= 0.3 is 6.03 Å². The average molecular weight is 368 g/mol. The molecule has 0 saturated carbocycles. The maximum atomic E-state index is 12.4. The minimum absolute atomic E-state index is 0.0190. The summed E-state index contributed by atoms with van der Waals surface area (Å²) in [5.74, 6) is 0.492. The molecule has 27 heavy (non-hydrogen) atoms. The summed E-state index contributed by atoms with van der Waals surface area (Å²) in [4.78, 5) is 30.6. The van der Waals surface area contributed by atoms with Crippen LogP contribution in [-0.4, -0.2) is 42.0 Å². The zero-order valence-corrected chi connectivity index (χ0v) is 15.4. The van der Waals surface area contributed by atoms with Crippen LogP contribution < -0.4 is 15.4 Å². The number of anilines is 1. The van der Waals surface area contributed by atoms with Crippen molar-refractivity contribution in [3.8, 4) is 5.88 Å². The summed E-state index contributed by atoms with van der Waals surface area (Å²) in [6.07, 6.45) is 3.01. The topological polar surface area (TPSA) is 83.6 Å². The summed E-state index contributed by atoms with van der Waals surface area (Å²) in [6, 6.07) is 12.9. The van der Waals surface area contributed by atoms with Crippen LogP contribution in [0.2, 0.25) is 0 Å². The van der Waals surface area contributed by atoms with Crippen molar-refractivity contribution in [1.82, 2.24) is 15.2 Å². The highest BCUT2D eigenvalue weighted by Crippen LogP contribution is 2.19. The number of rotatable bonds is 5. The molecule has 3 rings (SSSR count). The van der Waals surface area contributed by atoms with Crippen LogP contribution >= 0.6 is 0 Å². The number of para-hydroxylation sites is 1. The number of hydrogen-bond acceptors (Lipinski definition) is 4. The quantitative estimate of drug-likeness (QED) is 0.850. The zero-order chi connectivity index (χ0) is 19.1. The van der Waals surface area contributed by atoms with E-state index >= 15 is 0 Å². The van der Waals surface area contributed by atoms with Crippen LogP contribution in [-0.2, 0) is 11.3 Å². The first-order chi connectivity index (χ1) is 13.2. The summed E-state index contributed by atoms with van der Waals surface area (Å²) in [7, 11) is 1.56. The third-order valence-electron chi connectivity index (χ3n) is 4.64. The van der Waals surface area contributed by atoms with Crippen molar-refractivity contribution >= 4 is 17.6 Å². The molecule has 0 unspecified atom stereocenters. The van der Waals surface area contributed by atoms with Crippen molar-refractivity contribution in [3.63, 3.8) is 0 Å². The van der Waals surface area contributed by atoms with Gasteiger partial charge in [-0.1, -0.05) is 24.3 Å². The SMILES string of the molecule is COc1ccc(CNC(=O)N2CCC(C(=O)Nc3ccccc3)CC2)cn1. The number of likely N-dealkylation sites (tertiary alicyclic amines) is 1. The van der Waals surface area contributed by atoms with E-state index in [1.165, 1.54) is 0 Å². The smallest absolute Gasteiger partial charge is 0.317 e. The number of amides is 3. The molecule has 0 atom stereocenters. The molecule has 1 saturated heterocycles. The van der Waals surface area contributed by atoms with Gasteiger partial charge in [0.2, 0.25) is 11.8 Å². The summed E-state index contributed by atoms with van der Waals surface area (Å²) < 4.78 is 5.02. The first kappa shape index (κ1) is 18.7. The van der Waals surface area contributed by atoms with E-state index in [1.54, 1.807) is 24.3 Å². The second-order valence-electron chi connectivity index (χ2n) is 6.48. The van der Waals surface area contributed by atoms with Crippen molar-refractivity contribution < 1.29 is 14.3 Å². The fraction of sp³-hybridized carbons (Fsp3) is 0.350. The lowest BCUT2D eigenvalue weighted by molar-refractivity contribution is -0.121. The molecule has 7 nitrogen and oxygen atoms in total. The maximum Gasteiger partial charge on any atom is 0.317 e. The number of methoxy groups -OCH3 is 1. The van der Waals surface area contributed by atoms with Gasteiger partial charge in [-0.05, 0) is 30.5 Å². The number of urea groups is 1. The van der Waals surface area contributed by atoms with Crippen molar-refractivity contribution in [1.29, 1.82) is 0 Å². The third-order valence-corrected chi connectivity index (χ3v) is 4.64. The Balaban J connectivity index is 1.42. The first-order valence-electron chi connectivity index (χ1n) is 9.03. The largest absolute Gasteiger partial charge is 0.481 e. The van der Waals surface area contributed by atoms with Crippen molar-refractivity contribution in [2.75, 3.05) is 25.5 Å². The van der Waals surface area contributed by atoms with Gasteiger partial charge in [-0.15, -0.1) is 0 Å². The van der Waals surface area contributed by atoms with Crippen molar-refractivity contribution in [3.05, 3.63) is 54.2 Å². The van der Waals surface area contributed by atoms with Gasteiger partial charge in [0.25, 0.3) is 0 Å². The van der Waals surface area contributed by atoms with E-state index in [2.05, 4.69) is 15.6 Å². The summed E-state index contributed by atoms with van der Waals surface area (Å²) >= 11 is 0. The lowest BCUT2D eigenvalue weighted by Crippen LogP contribution is -2.45. The van der Waals surface area contributed by atoms with E-state index < -0.39 is 0 Å². The standard InChI is InChI=1S/C20H24N4O3/c1-27-18-8-7-15(13-21-18)14-22-20(26)24-11-9-16(10-12-24)19(25)23-17-5-3-2-4-6-17/h2-8,13,16H,9-12,14H2,1H3,(H,22,26)(H,23,25). The van der Waals surface area contributed by atoms with Gasteiger partial charge in [0.1, 0.15) is 0 Å². The molecule has 0 bridgehead atoms. The highest BCUT2D eigenvalue weighted by atomic mass is 16.5. The van der Waals surface area contributed by atoms with Gasteiger partial charge in [0.15, 0.2) is 0 Å². The van der Waals surface area contributed by atoms with E-state index in [-0.39, 0.29) is 17.9 Å². The molecule has 1 aromatic carbocycles. The predicted molar refractivity (Wildman–Crippen MR) is 102 cm³/mol. The van der Waals surface area contributed by atoms with E-state index in [0.29, 0.717) is 38.4 Å². The highest BCUT2D eigenvalue weighted by molar-refractivity contribution is 5.92. The van der Waals surface area contributed by atoms with Crippen LogP contribution in [0.1, 0.15) is 18.4 Å². The molecular weight excluding hydrogens is 344 g/mol. The minimum atomic E-state index is -0.118. The van der Waals surface area contributed by atoms with Crippen LogP contribution in [0.25, 0.3) is 0 Å². The second kappa shape index (κ2) is 9.02. The fourth-order valence-corrected chi connectivity index (χ4v) is 3.04. The molecule has 1 aliphatic heterocycles. The van der Waals surface area contributed by atoms with Gasteiger partial charge in [-0.3, -0.25) is 4.79 Å². The van der Waals surface area contributed by atoms with E-state index in [9.17, 15) is 9.59 Å². The summed E-state index contributed by atoms with van der Waals surface area (Å²) in [5, 5.41) is 5.83. The fourth-order valence-electron chi connectivity index (χ4n) is 3.04. The number of aromatic nitrogens is 1. The number of pyridine rings is 1. The Bertz CT molecular complexity index is 757. The Morgan fingerprint density at radius 3 is 2.52 bits per heavy atom. The lowest BCUT2D eigenvalue weighted by atomic mass is 9.96. The molecule has 2 N–H and O–H groups in total. The molecule has 3 amide bonds. The van der Waals surface area contributed by atoms with Gasteiger partial charge in [0, 0.05) is 43.5 Å². The van der Waals surface area contributed by atoms with Gasteiger partial charge < -0.3 is 20.3 Å². The molecule has 1 fully saturated rings. The Morgan fingerprint density at radius 2 is 1.89 bits per heavy atom. The van der Waals surface area contributed by atoms with E-state index in [4.69, 9.17) is 4.74 Å². The second-order valence-corrected chi connectivity index (χ2v) is 6.48. The molecule has 0 radical (unpaired) electrons. The van der Waals surface area contributed by atoms with Crippen molar-refractivity contribution in [2.24, 2.45) is 5.92 Å². The predicted octanol–water partition coefficient (Wildman–Crippen LogP) is 2.65. The number of piperidine rings is 1.